The highest BCUT2D eigenvalue weighted by molar-refractivity contribution is 5.80. The molecule has 8 nitrogen and oxygen atoms in total. The van der Waals surface area contributed by atoms with Crippen molar-refractivity contribution in [3.63, 3.8) is 0 Å². The minimum atomic E-state index is 0.475. The van der Waals surface area contributed by atoms with E-state index < -0.39 is 0 Å². The molecule has 158 valence electrons. The van der Waals surface area contributed by atoms with Gasteiger partial charge in [0.1, 0.15) is 5.75 Å². The fraction of sp³-hybridized carbons (Fsp3) is 0.524. The summed E-state index contributed by atoms with van der Waals surface area (Å²) in [5, 5.41) is 7.73. The standard InChI is InChI=1S/C21H31N5O3/c1-6-22-21(26-8-7-15(14-26)17-12-24-25(2)13-17)23-11-16-9-19(28-4)20(29-5)10-18(16)27-3/h9-10,12-13,15H,6-8,11,14H2,1-5H3,(H,22,23). The summed E-state index contributed by atoms with van der Waals surface area (Å²) in [4.78, 5) is 7.19. The molecule has 1 unspecified atom stereocenters. The van der Waals surface area contributed by atoms with Gasteiger partial charge in [0.05, 0.1) is 34.1 Å². The Morgan fingerprint density at radius 1 is 1.17 bits per heavy atom. The Labute approximate surface area is 172 Å². The molecular formula is C21H31N5O3. The zero-order chi connectivity index (χ0) is 20.8. The second-order valence-electron chi connectivity index (χ2n) is 7.07. The number of ether oxygens (including phenoxy) is 3. The molecule has 1 aromatic carbocycles. The van der Waals surface area contributed by atoms with Gasteiger partial charge in [-0.1, -0.05) is 0 Å². The van der Waals surface area contributed by atoms with Crippen molar-refractivity contribution in [3.05, 3.63) is 35.7 Å². The molecule has 1 fully saturated rings. The van der Waals surface area contributed by atoms with Crippen molar-refractivity contribution in [2.24, 2.45) is 12.0 Å². The van der Waals surface area contributed by atoms with Crippen LogP contribution in [0.2, 0.25) is 0 Å². The quantitative estimate of drug-likeness (QED) is 0.567. The van der Waals surface area contributed by atoms with Crippen LogP contribution in [0.15, 0.2) is 29.5 Å². The highest BCUT2D eigenvalue weighted by Crippen LogP contribution is 2.35. The molecule has 2 heterocycles. The van der Waals surface area contributed by atoms with Gasteiger partial charge in [-0.05, 0) is 25.0 Å². The topological polar surface area (TPSA) is 73.1 Å². The van der Waals surface area contributed by atoms with Gasteiger partial charge in [0.2, 0.25) is 0 Å². The number of benzene rings is 1. The zero-order valence-electron chi connectivity index (χ0n) is 17.9. The van der Waals surface area contributed by atoms with Crippen LogP contribution in [0.3, 0.4) is 0 Å². The van der Waals surface area contributed by atoms with Crippen LogP contribution in [0.25, 0.3) is 0 Å². The van der Waals surface area contributed by atoms with Crippen molar-refractivity contribution < 1.29 is 14.2 Å². The van der Waals surface area contributed by atoms with E-state index in [9.17, 15) is 0 Å². The molecule has 1 aliphatic rings. The predicted molar refractivity (Wildman–Crippen MR) is 113 cm³/mol. The molecule has 0 spiro atoms. The van der Waals surface area contributed by atoms with Gasteiger partial charge in [-0.15, -0.1) is 0 Å². The summed E-state index contributed by atoms with van der Waals surface area (Å²) in [6, 6.07) is 3.76. The first kappa shape index (κ1) is 20.8. The molecule has 0 aliphatic carbocycles. The van der Waals surface area contributed by atoms with Crippen LogP contribution >= 0.6 is 0 Å². The van der Waals surface area contributed by atoms with Gasteiger partial charge in [0.25, 0.3) is 0 Å². The smallest absolute Gasteiger partial charge is 0.194 e. The molecule has 1 saturated heterocycles. The molecule has 0 amide bonds. The molecule has 1 aromatic heterocycles. The number of guanidine groups is 1. The Balaban J connectivity index is 1.77. The van der Waals surface area contributed by atoms with Gasteiger partial charge in [-0.3, -0.25) is 4.68 Å². The maximum absolute atomic E-state index is 5.53. The fourth-order valence-electron chi connectivity index (χ4n) is 3.68. The highest BCUT2D eigenvalue weighted by Gasteiger charge is 2.27. The van der Waals surface area contributed by atoms with Crippen molar-refractivity contribution in [1.82, 2.24) is 20.0 Å². The van der Waals surface area contributed by atoms with Crippen LogP contribution in [-0.2, 0) is 13.6 Å². The van der Waals surface area contributed by atoms with E-state index in [1.807, 2.05) is 30.1 Å². The number of aromatic nitrogens is 2. The molecule has 8 heteroatoms. The van der Waals surface area contributed by atoms with E-state index in [0.717, 1.165) is 43.3 Å². The van der Waals surface area contributed by atoms with E-state index in [4.69, 9.17) is 19.2 Å². The molecule has 3 rings (SSSR count). The zero-order valence-corrected chi connectivity index (χ0v) is 17.9. The number of hydrogen-bond donors (Lipinski definition) is 1. The summed E-state index contributed by atoms with van der Waals surface area (Å²) in [7, 11) is 6.85. The Hall–Kier alpha value is -2.90. The summed E-state index contributed by atoms with van der Waals surface area (Å²) >= 11 is 0. The van der Waals surface area contributed by atoms with E-state index in [0.29, 0.717) is 24.0 Å². The maximum atomic E-state index is 5.53. The lowest BCUT2D eigenvalue weighted by atomic mass is 10.0. The van der Waals surface area contributed by atoms with Crippen molar-refractivity contribution in [2.45, 2.75) is 25.8 Å². The summed E-state index contributed by atoms with van der Waals surface area (Å²) in [5.41, 5.74) is 2.23. The first-order chi connectivity index (χ1) is 14.1. The average molecular weight is 402 g/mol. The van der Waals surface area contributed by atoms with Crippen LogP contribution in [0, 0.1) is 0 Å². The minimum Gasteiger partial charge on any atom is -0.496 e. The van der Waals surface area contributed by atoms with Gasteiger partial charge < -0.3 is 24.4 Å². The predicted octanol–water partition coefficient (Wildman–Crippen LogP) is 2.40. The SMILES string of the molecule is CCNC(=NCc1cc(OC)c(OC)cc1OC)N1CCC(c2cnn(C)c2)C1. The molecule has 0 bridgehead atoms. The summed E-state index contributed by atoms with van der Waals surface area (Å²) in [5.74, 6) is 3.43. The normalized spacial score (nSPS) is 16.8. The van der Waals surface area contributed by atoms with Gasteiger partial charge in [0, 0.05) is 50.4 Å². The van der Waals surface area contributed by atoms with E-state index >= 15 is 0 Å². The van der Waals surface area contributed by atoms with E-state index in [-0.39, 0.29) is 0 Å². The fourth-order valence-corrected chi connectivity index (χ4v) is 3.68. The lowest BCUT2D eigenvalue weighted by molar-refractivity contribution is 0.347. The Morgan fingerprint density at radius 2 is 1.90 bits per heavy atom. The van der Waals surface area contributed by atoms with Crippen LogP contribution < -0.4 is 19.5 Å². The lowest BCUT2D eigenvalue weighted by Gasteiger charge is -2.22. The third-order valence-electron chi connectivity index (χ3n) is 5.20. The van der Waals surface area contributed by atoms with Gasteiger partial charge >= 0.3 is 0 Å². The monoisotopic (exact) mass is 401 g/mol. The van der Waals surface area contributed by atoms with Crippen LogP contribution in [-0.4, -0.2) is 61.6 Å². The van der Waals surface area contributed by atoms with Crippen molar-refractivity contribution in [3.8, 4) is 17.2 Å². The highest BCUT2D eigenvalue weighted by atomic mass is 16.5. The number of likely N-dealkylation sites (tertiary alicyclic amines) is 1. The van der Waals surface area contributed by atoms with E-state index in [1.165, 1.54) is 5.56 Å². The van der Waals surface area contributed by atoms with Crippen molar-refractivity contribution in [1.29, 1.82) is 0 Å². The molecule has 1 atom stereocenters. The molecule has 2 aromatic rings. The third kappa shape index (κ3) is 4.75. The molecule has 1 aliphatic heterocycles. The van der Waals surface area contributed by atoms with E-state index in [1.54, 1.807) is 21.3 Å². The minimum absolute atomic E-state index is 0.475. The largest absolute Gasteiger partial charge is 0.496 e. The van der Waals surface area contributed by atoms with Crippen LogP contribution in [0.4, 0.5) is 0 Å². The van der Waals surface area contributed by atoms with Crippen LogP contribution in [0.1, 0.15) is 30.4 Å². The number of rotatable bonds is 7. The molecule has 1 N–H and O–H groups in total. The number of aryl methyl sites for hydroxylation is 1. The Kier molecular flexibility index (Phi) is 6.85. The second-order valence-corrected chi connectivity index (χ2v) is 7.07. The van der Waals surface area contributed by atoms with Gasteiger partial charge in [-0.2, -0.15) is 5.10 Å². The molecule has 29 heavy (non-hydrogen) atoms. The number of nitrogens with one attached hydrogen (secondary N) is 1. The summed E-state index contributed by atoms with van der Waals surface area (Å²) < 4.78 is 18.2. The number of methoxy groups -OCH3 is 3. The number of aliphatic imine (C=N–C) groups is 1. The first-order valence-corrected chi connectivity index (χ1v) is 9.90. The Bertz CT molecular complexity index is 849. The van der Waals surface area contributed by atoms with Gasteiger partial charge in [-0.25, -0.2) is 4.99 Å². The molecular weight excluding hydrogens is 370 g/mol. The first-order valence-electron chi connectivity index (χ1n) is 9.90. The van der Waals surface area contributed by atoms with Crippen molar-refractivity contribution >= 4 is 5.96 Å². The van der Waals surface area contributed by atoms with E-state index in [2.05, 4.69) is 28.4 Å². The average Bonchev–Trinajstić information content (AvgIpc) is 3.39. The summed E-state index contributed by atoms with van der Waals surface area (Å²) in [6.45, 7) is 5.28. The second kappa shape index (κ2) is 9.54. The molecule has 0 saturated carbocycles. The third-order valence-corrected chi connectivity index (χ3v) is 5.20. The summed E-state index contributed by atoms with van der Waals surface area (Å²) in [6.07, 6.45) is 5.16. The van der Waals surface area contributed by atoms with Gasteiger partial charge in [0.15, 0.2) is 17.5 Å². The van der Waals surface area contributed by atoms with Crippen LogP contribution in [0.5, 0.6) is 17.2 Å². The number of hydrogen-bond acceptors (Lipinski definition) is 5. The van der Waals surface area contributed by atoms with Crippen molar-refractivity contribution in [2.75, 3.05) is 41.0 Å². The molecule has 0 radical (unpaired) electrons. The Morgan fingerprint density at radius 3 is 2.52 bits per heavy atom. The lowest BCUT2D eigenvalue weighted by Crippen LogP contribution is -2.40. The number of nitrogens with zero attached hydrogens (tertiary/aromatic N) is 4. The maximum Gasteiger partial charge on any atom is 0.194 e.